The van der Waals surface area contributed by atoms with Gasteiger partial charge in [0.15, 0.2) is 0 Å². The van der Waals surface area contributed by atoms with E-state index in [0.29, 0.717) is 12.1 Å². The summed E-state index contributed by atoms with van der Waals surface area (Å²) in [7, 11) is 0. The van der Waals surface area contributed by atoms with E-state index in [4.69, 9.17) is 0 Å². The van der Waals surface area contributed by atoms with Crippen LogP contribution in [0.5, 0.6) is 0 Å². The fourth-order valence-corrected chi connectivity index (χ4v) is 2.19. The van der Waals surface area contributed by atoms with E-state index in [-0.39, 0.29) is 6.10 Å². The van der Waals surface area contributed by atoms with Crippen molar-refractivity contribution in [3.8, 4) is 0 Å². The summed E-state index contributed by atoms with van der Waals surface area (Å²) in [5, 5.41) is 13.2. The van der Waals surface area contributed by atoms with Crippen molar-refractivity contribution in [2.75, 3.05) is 0 Å². The third kappa shape index (κ3) is 3.28. The van der Waals surface area contributed by atoms with Crippen LogP contribution in [0.2, 0.25) is 0 Å². The molecule has 1 aliphatic rings. The molecular weight excluding hydrogens is 162 g/mol. The highest BCUT2D eigenvalue weighted by Gasteiger charge is 2.26. The SMILES string of the molecule is CCCC(CC)N[C@@H]1CCC[C@H]1O. The number of hydrogen-bond donors (Lipinski definition) is 2. The summed E-state index contributed by atoms with van der Waals surface area (Å²) < 4.78 is 0. The topological polar surface area (TPSA) is 32.3 Å². The van der Waals surface area contributed by atoms with Gasteiger partial charge in [0, 0.05) is 12.1 Å². The van der Waals surface area contributed by atoms with Gasteiger partial charge in [0.05, 0.1) is 6.10 Å². The molecule has 1 fully saturated rings. The maximum Gasteiger partial charge on any atom is 0.0693 e. The number of aliphatic hydroxyl groups excluding tert-OH is 1. The zero-order valence-electron chi connectivity index (χ0n) is 8.92. The Labute approximate surface area is 81.7 Å². The lowest BCUT2D eigenvalue weighted by Crippen LogP contribution is -2.42. The molecule has 78 valence electrons. The predicted molar refractivity (Wildman–Crippen MR) is 55.8 cm³/mol. The molecule has 0 amide bonds. The largest absolute Gasteiger partial charge is 0.392 e. The Balaban J connectivity index is 2.27. The summed E-state index contributed by atoms with van der Waals surface area (Å²) in [6.45, 7) is 4.43. The van der Waals surface area contributed by atoms with Crippen LogP contribution in [0.25, 0.3) is 0 Å². The summed E-state index contributed by atoms with van der Waals surface area (Å²) in [5.41, 5.74) is 0. The van der Waals surface area contributed by atoms with Crippen LogP contribution in [0.3, 0.4) is 0 Å². The summed E-state index contributed by atoms with van der Waals surface area (Å²) in [6.07, 6.45) is 6.87. The first-order valence-corrected chi connectivity index (χ1v) is 5.72. The van der Waals surface area contributed by atoms with Crippen LogP contribution < -0.4 is 5.32 Å². The third-order valence-electron chi connectivity index (χ3n) is 3.06. The fourth-order valence-electron chi connectivity index (χ4n) is 2.19. The third-order valence-corrected chi connectivity index (χ3v) is 3.06. The van der Waals surface area contributed by atoms with Gasteiger partial charge in [-0.05, 0) is 32.1 Å². The number of hydrogen-bond acceptors (Lipinski definition) is 2. The highest BCUT2D eigenvalue weighted by molar-refractivity contribution is 4.85. The van der Waals surface area contributed by atoms with Crippen molar-refractivity contribution in [3.05, 3.63) is 0 Å². The lowest BCUT2D eigenvalue weighted by atomic mass is 10.1. The molecule has 2 nitrogen and oxygen atoms in total. The van der Waals surface area contributed by atoms with Gasteiger partial charge in [-0.25, -0.2) is 0 Å². The first-order valence-electron chi connectivity index (χ1n) is 5.72. The van der Waals surface area contributed by atoms with E-state index < -0.39 is 0 Å². The Bertz CT molecular complexity index is 138. The number of aliphatic hydroxyl groups is 1. The molecule has 1 unspecified atom stereocenters. The van der Waals surface area contributed by atoms with Crippen LogP contribution >= 0.6 is 0 Å². The Morgan fingerprint density at radius 2 is 2.15 bits per heavy atom. The molecule has 1 rings (SSSR count). The summed E-state index contributed by atoms with van der Waals surface area (Å²) in [4.78, 5) is 0. The number of rotatable bonds is 5. The minimum absolute atomic E-state index is 0.0918. The van der Waals surface area contributed by atoms with Gasteiger partial charge in [-0.1, -0.05) is 20.3 Å². The zero-order valence-corrected chi connectivity index (χ0v) is 8.92. The van der Waals surface area contributed by atoms with Crippen molar-refractivity contribution in [1.82, 2.24) is 5.32 Å². The van der Waals surface area contributed by atoms with Crippen LogP contribution in [0, 0.1) is 0 Å². The van der Waals surface area contributed by atoms with Gasteiger partial charge in [0.2, 0.25) is 0 Å². The molecular formula is C11H23NO. The van der Waals surface area contributed by atoms with Crippen LogP contribution in [-0.2, 0) is 0 Å². The fraction of sp³-hybridized carbons (Fsp3) is 1.00. The smallest absolute Gasteiger partial charge is 0.0693 e. The van der Waals surface area contributed by atoms with E-state index in [1.54, 1.807) is 0 Å². The second-order valence-corrected chi connectivity index (χ2v) is 4.17. The van der Waals surface area contributed by atoms with Gasteiger partial charge in [-0.15, -0.1) is 0 Å². The van der Waals surface area contributed by atoms with Gasteiger partial charge < -0.3 is 10.4 Å². The van der Waals surface area contributed by atoms with Gasteiger partial charge in [0.25, 0.3) is 0 Å². The summed E-state index contributed by atoms with van der Waals surface area (Å²) in [5.74, 6) is 0. The van der Waals surface area contributed by atoms with Crippen molar-refractivity contribution in [2.45, 2.75) is 70.6 Å². The molecule has 0 spiro atoms. The first-order chi connectivity index (χ1) is 6.27. The van der Waals surface area contributed by atoms with E-state index in [1.165, 1.54) is 25.7 Å². The predicted octanol–water partition coefficient (Wildman–Crippen LogP) is 2.07. The second-order valence-electron chi connectivity index (χ2n) is 4.17. The van der Waals surface area contributed by atoms with E-state index in [9.17, 15) is 5.11 Å². The van der Waals surface area contributed by atoms with Crippen molar-refractivity contribution >= 4 is 0 Å². The van der Waals surface area contributed by atoms with Gasteiger partial charge >= 0.3 is 0 Å². The second kappa shape index (κ2) is 5.61. The molecule has 0 aromatic heterocycles. The highest BCUT2D eigenvalue weighted by Crippen LogP contribution is 2.20. The van der Waals surface area contributed by atoms with Gasteiger partial charge in [-0.2, -0.15) is 0 Å². The average Bonchev–Trinajstić information content (AvgIpc) is 2.51. The number of nitrogens with one attached hydrogen (secondary N) is 1. The van der Waals surface area contributed by atoms with Crippen molar-refractivity contribution < 1.29 is 5.11 Å². The normalized spacial score (nSPS) is 30.7. The molecule has 2 N–H and O–H groups in total. The molecule has 0 aromatic rings. The molecule has 0 heterocycles. The van der Waals surface area contributed by atoms with E-state index in [2.05, 4.69) is 19.2 Å². The minimum atomic E-state index is -0.0918. The van der Waals surface area contributed by atoms with E-state index >= 15 is 0 Å². The van der Waals surface area contributed by atoms with Crippen molar-refractivity contribution in [3.63, 3.8) is 0 Å². The molecule has 0 saturated heterocycles. The minimum Gasteiger partial charge on any atom is -0.392 e. The summed E-state index contributed by atoms with van der Waals surface area (Å²) in [6, 6.07) is 0.985. The molecule has 0 aliphatic heterocycles. The van der Waals surface area contributed by atoms with Crippen molar-refractivity contribution in [1.29, 1.82) is 0 Å². The zero-order chi connectivity index (χ0) is 9.68. The molecule has 0 radical (unpaired) electrons. The molecule has 2 heteroatoms. The lowest BCUT2D eigenvalue weighted by molar-refractivity contribution is 0.141. The molecule has 13 heavy (non-hydrogen) atoms. The maximum atomic E-state index is 9.64. The molecule has 0 aromatic carbocycles. The quantitative estimate of drug-likeness (QED) is 0.687. The lowest BCUT2D eigenvalue weighted by Gasteiger charge is -2.23. The van der Waals surface area contributed by atoms with E-state index in [1.807, 2.05) is 0 Å². The monoisotopic (exact) mass is 185 g/mol. The van der Waals surface area contributed by atoms with Crippen LogP contribution in [0.15, 0.2) is 0 Å². The van der Waals surface area contributed by atoms with E-state index in [0.717, 1.165) is 12.8 Å². The average molecular weight is 185 g/mol. The molecule has 1 aliphatic carbocycles. The Kier molecular flexibility index (Phi) is 4.74. The van der Waals surface area contributed by atoms with Gasteiger partial charge in [-0.3, -0.25) is 0 Å². The Morgan fingerprint density at radius 1 is 1.38 bits per heavy atom. The van der Waals surface area contributed by atoms with Crippen molar-refractivity contribution in [2.24, 2.45) is 0 Å². The Hall–Kier alpha value is -0.0800. The standard InChI is InChI=1S/C11H23NO/c1-3-6-9(4-2)12-10-7-5-8-11(10)13/h9-13H,3-8H2,1-2H3/t9?,10-,11-/m1/s1. The maximum absolute atomic E-state index is 9.64. The van der Waals surface area contributed by atoms with Crippen LogP contribution in [0.4, 0.5) is 0 Å². The molecule has 3 atom stereocenters. The van der Waals surface area contributed by atoms with Gasteiger partial charge in [0.1, 0.15) is 0 Å². The van der Waals surface area contributed by atoms with Crippen LogP contribution in [0.1, 0.15) is 52.4 Å². The molecule has 1 saturated carbocycles. The molecule has 0 bridgehead atoms. The van der Waals surface area contributed by atoms with Crippen LogP contribution in [-0.4, -0.2) is 23.3 Å². The highest BCUT2D eigenvalue weighted by atomic mass is 16.3. The summed E-state index contributed by atoms with van der Waals surface area (Å²) >= 11 is 0. The first kappa shape index (κ1) is 11.0. The Morgan fingerprint density at radius 3 is 2.62 bits per heavy atom.